The van der Waals surface area contributed by atoms with Gasteiger partial charge in [0.2, 0.25) is 0 Å². The first-order chi connectivity index (χ1) is 10.2. The standard InChI is InChI=1S/C17H14Cl2O2/c18-15-9-8-13(11-16(15)19)12-21-17-7-2-1-5-14(17)6-3-4-10-20/h1-2,5,7-9,11,20H,4,10,12H2. The zero-order valence-corrected chi connectivity index (χ0v) is 12.8. The molecule has 2 aromatic carbocycles. The van der Waals surface area contributed by atoms with Crippen LogP contribution in [0, 0.1) is 11.8 Å². The Morgan fingerprint density at radius 2 is 1.86 bits per heavy atom. The molecule has 108 valence electrons. The largest absolute Gasteiger partial charge is 0.488 e. The van der Waals surface area contributed by atoms with Crippen LogP contribution in [0.4, 0.5) is 0 Å². The lowest BCUT2D eigenvalue weighted by atomic mass is 10.2. The van der Waals surface area contributed by atoms with Gasteiger partial charge in [-0.25, -0.2) is 0 Å². The number of rotatable bonds is 4. The van der Waals surface area contributed by atoms with Crippen molar-refractivity contribution in [1.29, 1.82) is 0 Å². The zero-order chi connectivity index (χ0) is 15.1. The summed E-state index contributed by atoms with van der Waals surface area (Å²) in [6.45, 7) is 0.439. The molecule has 2 aromatic rings. The maximum atomic E-state index is 8.76. The third kappa shape index (κ3) is 4.68. The third-order valence-corrected chi connectivity index (χ3v) is 3.46. The summed E-state index contributed by atoms with van der Waals surface area (Å²) >= 11 is 11.9. The van der Waals surface area contributed by atoms with Gasteiger partial charge in [0.05, 0.1) is 22.2 Å². The van der Waals surface area contributed by atoms with Crippen molar-refractivity contribution < 1.29 is 9.84 Å². The van der Waals surface area contributed by atoms with Gasteiger partial charge in [0.1, 0.15) is 12.4 Å². The number of aliphatic hydroxyl groups is 1. The van der Waals surface area contributed by atoms with Crippen LogP contribution in [0.25, 0.3) is 0 Å². The van der Waals surface area contributed by atoms with Crippen LogP contribution in [0.3, 0.4) is 0 Å². The first kappa shape index (κ1) is 15.7. The number of hydrogen-bond acceptors (Lipinski definition) is 2. The molecule has 0 saturated heterocycles. The van der Waals surface area contributed by atoms with Gasteiger partial charge in [0.15, 0.2) is 0 Å². The molecule has 0 amide bonds. The minimum absolute atomic E-state index is 0.0549. The van der Waals surface area contributed by atoms with E-state index in [1.165, 1.54) is 0 Å². The molecule has 2 rings (SSSR count). The number of aliphatic hydroxyl groups excluding tert-OH is 1. The first-order valence-corrected chi connectivity index (χ1v) is 7.22. The van der Waals surface area contributed by atoms with Crippen LogP contribution in [0.15, 0.2) is 42.5 Å². The number of halogens is 2. The molecule has 0 atom stereocenters. The molecule has 0 radical (unpaired) electrons. The molecule has 0 aliphatic carbocycles. The van der Waals surface area contributed by atoms with Crippen molar-refractivity contribution in [3.05, 3.63) is 63.6 Å². The lowest BCUT2D eigenvalue weighted by Crippen LogP contribution is -1.97. The highest BCUT2D eigenvalue weighted by atomic mass is 35.5. The molecular weight excluding hydrogens is 307 g/mol. The summed E-state index contributed by atoms with van der Waals surface area (Å²) < 4.78 is 5.78. The van der Waals surface area contributed by atoms with Crippen molar-refractivity contribution in [1.82, 2.24) is 0 Å². The van der Waals surface area contributed by atoms with E-state index in [1.54, 1.807) is 12.1 Å². The average Bonchev–Trinajstić information content (AvgIpc) is 2.50. The van der Waals surface area contributed by atoms with Crippen molar-refractivity contribution in [3.8, 4) is 17.6 Å². The van der Waals surface area contributed by atoms with Gasteiger partial charge >= 0.3 is 0 Å². The van der Waals surface area contributed by atoms with Crippen molar-refractivity contribution in [3.63, 3.8) is 0 Å². The third-order valence-electron chi connectivity index (χ3n) is 2.73. The van der Waals surface area contributed by atoms with Crippen LogP contribution in [-0.2, 0) is 6.61 Å². The number of benzene rings is 2. The fraction of sp³-hybridized carbons (Fsp3) is 0.176. The molecule has 0 heterocycles. The maximum Gasteiger partial charge on any atom is 0.135 e. The Balaban J connectivity index is 2.09. The second-order valence-electron chi connectivity index (χ2n) is 4.31. The Morgan fingerprint density at radius 1 is 1.05 bits per heavy atom. The average molecular weight is 321 g/mol. The van der Waals surface area contributed by atoms with Crippen molar-refractivity contribution >= 4 is 23.2 Å². The topological polar surface area (TPSA) is 29.5 Å². The summed E-state index contributed by atoms with van der Waals surface area (Å²) in [5, 5.41) is 9.79. The molecule has 0 bridgehead atoms. The van der Waals surface area contributed by atoms with E-state index >= 15 is 0 Å². The van der Waals surface area contributed by atoms with E-state index in [1.807, 2.05) is 30.3 Å². The number of hydrogen-bond donors (Lipinski definition) is 1. The quantitative estimate of drug-likeness (QED) is 0.851. The smallest absolute Gasteiger partial charge is 0.135 e. The molecule has 1 N–H and O–H groups in total. The second kappa shape index (κ2) is 7.95. The fourth-order valence-corrected chi connectivity index (χ4v) is 2.02. The molecule has 0 unspecified atom stereocenters. The van der Waals surface area contributed by atoms with Crippen molar-refractivity contribution in [2.24, 2.45) is 0 Å². The Kier molecular flexibility index (Phi) is 5.95. The first-order valence-electron chi connectivity index (χ1n) is 6.46. The minimum atomic E-state index is 0.0549. The Hall–Kier alpha value is -1.66. The summed E-state index contributed by atoms with van der Waals surface area (Å²) in [6, 6.07) is 12.9. The normalized spacial score (nSPS) is 9.86. The van der Waals surface area contributed by atoms with E-state index in [0.29, 0.717) is 28.8 Å². The Morgan fingerprint density at radius 3 is 2.62 bits per heavy atom. The van der Waals surface area contributed by atoms with Crippen LogP contribution in [0.5, 0.6) is 5.75 Å². The summed E-state index contributed by atoms with van der Waals surface area (Å²) in [5.74, 6) is 6.58. The second-order valence-corrected chi connectivity index (χ2v) is 5.12. The molecular formula is C17H14Cl2O2. The minimum Gasteiger partial charge on any atom is -0.488 e. The van der Waals surface area contributed by atoms with E-state index in [9.17, 15) is 0 Å². The lowest BCUT2D eigenvalue weighted by molar-refractivity contribution is 0.304. The fourth-order valence-electron chi connectivity index (χ4n) is 1.70. The van der Waals surface area contributed by atoms with Gasteiger partial charge in [-0.3, -0.25) is 0 Å². The Labute approximate surface area is 134 Å². The van der Waals surface area contributed by atoms with Crippen LogP contribution >= 0.6 is 23.2 Å². The van der Waals surface area contributed by atoms with Gasteiger partial charge in [-0.2, -0.15) is 0 Å². The van der Waals surface area contributed by atoms with Crippen molar-refractivity contribution in [2.75, 3.05) is 6.61 Å². The summed E-state index contributed by atoms with van der Waals surface area (Å²) in [5.41, 5.74) is 1.73. The lowest BCUT2D eigenvalue weighted by Gasteiger charge is -2.09. The number of para-hydroxylation sites is 1. The Bertz CT molecular complexity index is 672. The van der Waals surface area contributed by atoms with E-state index in [2.05, 4.69) is 11.8 Å². The van der Waals surface area contributed by atoms with Crippen LogP contribution in [0.2, 0.25) is 10.0 Å². The van der Waals surface area contributed by atoms with Gasteiger partial charge in [-0.05, 0) is 29.8 Å². The zero-order valence-electron chi connectivity index (χ0n) is 11.3. The van der Waals surface area contributed by atoms with Gasteiger partial charge in [0.25, 0.3) is 0 Å². The molecule has 21 heavy (non-hydrogen) atoms. The SMILES string of the molecule is OCCC#Cc1ccccc1OCc1ccc(Cl)c(Cl)c1. The highest BCUT2D eigenvalue weighted by Gasteiger charge is 2.03. The molecule has 0 aliphatic rings. The molecule has 2 nitrogen and oxygen atoms in total. The predicted octanol–water partition coefficient (Wildman–Crippen LogP) is 4.31. The van der Waals surface area contributed by atoms with E-state index in [4.69, 9.17) is 33.0 Å². The van der Waals surface area contributed by atoms with Crippen molar-refractivity contribution in [2.45, 2.75) is 13.0 Å². The molecule has 0 fully saturated rings. The number of ether oxygens (including phenoxy) is 1. The molecule has 0 saturated carbocycles. The highest BCUT2D eigenvalue weighted by molar-refractivity contribution is 6.42. The summed E-state index contributed by atoms with van der Waals surface area (Å²) in [4.78, 5) is 0. The van der Waals surface area contributed by atoms with Gasteiger partial charge < -0.3 is 9.84 Å². The van der Waals surface area contributed by atoms with Gasteiger partial charge in [-0.1, -0.05) is 53.2 Å². The maximum absolute atomic E-state index is 8.76. The molecule has 0 aromatic heterocycles. The van der Waals surface area contributed by atoms with Crippen LogP contribution in [0.1, 0.15) is 17.5 Å². The molecule has 0 spiro atoms. The summed E-state index contributed by atoms with van der Waals surface area (Å²) in [6.07, 6.45) is 0.446. The highest BCUT2D eigenvalue weighted by Crippen LogP contribution is 2.24. The van der Waals surface area contributed by atoms with Crippen LogP contribution < -0.4 is 4.74 Å². The van der Waals surface area contributed by atoms with E-state index < -0.39 is 0 Å². The predicted molar refractivity (Wildman–Crippen MR) is 85.8 cm³/mol. The van der Waals surface area contributed by atoms with Crippen LogP contribution in [-0.4, -0.2) is 11.7 Å². The van der Waals surface area contributed by atoms with Gasteiger partial charge in [0, 0.05) is 6.42 Å². The van der Waals surface area contributed by atoms with E-state index in [0.717, 1.165) is 11.1 Å². The monoisotopic (exact) mass is 320 g/mol. The van der Waals surface area contributed by atoms with E-state index in [-0.39, 0.29) is 6.61 Å². The molecule has 0 aliphatic heterocycles. The summed E-state index contributed by atoms with van der Waals surface area (Å²) in [7, 11) is 0. The molecule has 4 heteroatoms. The van der Waals surface area contributed by atoms with Gasteiger partial charge in [-0.15, -0.1) is 0 Å².